The number of nitrogens with zero attached hydrogens (tertiary/aromatic N) is 4. The number of amides is 1. The molecule has 1 aliphatic rings. The molecule has 1 unspecified atom stereocenters. The Hall–Kier alpha value is -3.41. The van der Waals surface area contributed by atoms with Crippen LogP contribution in [0.2, 0.25) is 0 Å². The highest BCUT2D eigenvalue weighted by molar-refractivity contribution is 5.81. The fourth-order valence-electron chi connectivity index (χ4n) is 3.45. The molecule has 1 fully saturated rings. The van der Waals surface area contributed by atoms with Gasteiger partial charge in [0.1, 0.15) is 5.75 Å². The van der Waals surface area contributed by atoms with Gasteiger partial charge in [0.2, 0.25) is 5.95 Å². The van der Waals surface area contributed by atoms with Crippen molar-refractivity contribution in [2.45, 2.75) is 13.0 Å². The van der Waals surface area contributed by atoms with Gasteiger partial charge in [0, 0.05) is 38.6 Å². The quantitative estimate of drug-likeness (QED) is 0.671. The molecule has 4 rings (SSSR count). The van der Waals surface area contributed by atoms with Gasteiger partial charge in [0.15, 0.2) is 6.10 Å². The van der Waals surface area contributed by atoms with E-state index >= 15 is 0 Å². The van der Waals surface area contributed by atoms with E-state index in [1.54, 1.807) is 25.4 Å². The Bertz CT molecular complexity index is 924. The average Bonchev–Trinajstić information content (AvgIpc) is 2.80. The Balaban J connectivity index is 1.32. The lowest BCUT2D eigenvalue weighted by molar-refractivity contribution is -0.138. The third kappa shape index (κ3) is 4.54. The molecule has 0 bridgehead atoms. The number of aromatic nitrogens is 2. The first-order valence-corrected chi connectivity index (χ1v) is 9.83. The monoisotopic (exact) mass is 388 g/mol. The van der Waals surface area contributed by atoms with Crippen molar-refractivity contribution < 1.29 is 9.53 Å². The molecule has 0 saturated carbocycles. The first-order chi connectivity index (χ1) is 14.2. The van der Waals surface area contributed by atoms with Crippen LogP contribution in [-0.4, -0.2) is 53.1 Å². The molecule has 0 spiro atoms. The van der Waals surface area contributed by atoms with E-state index in [0.29, 0.717) is 37.9 Å². The third-order valence-corrected chi connectivity index (χ3v) is 5.05. The van der Waals surface area contributed by atoms with Gasteiger partial charge in [-0.1, -0.05) is 42.5 Å². The summed E-state index contributed by atoms with van der Waals surface area (Å²) < 4.78 is 5.90. The van der Waals surface area contributed by atoms with Gasteiger partial charge in [-0.3, -0.25) is 4.79 Å². The number of hydrogen-bond donors (Lipinski definition) is 0. The molecule has 3 aromatic rings. The number of rotatable bonds is 5. The highest BCUT2D eigenvalue weighted by atomic mass is 16.5. The molecule has 2 aromatic carbocycles. The molecular formula is C23H24N4O2. The average molecular weight is 388 g/mol. The predicted molar refractivity (Wildman–Crippen MR) is 113 cm³/mol. The number of piperazine rings is 1. The van der Waals surface area contributed by atoms with Gasteiger partial charge in [0.25, 0.3) is 5.91 Å². The van der Waals surface area contributed by atoms with Crippen LogP contribution in [0, 0.1) is 0 Å². The standard InChI is InChI=1S/C23H24N4O2/c1-18(29-21-10-8-20(9-11-21)19-6-3-2-4-7-19)22(28)26-14-16-27(17-15-26)23-24-12-5-13-25-23/h2-13,18H,14-17H2,1H3. The van der Waals surface area contributed by atoms with Crippen LogP contribution in [-0.2, 0) is 4.79 Å². The zero-order valence-corrected chi connectivity index (χ0v) is 16.4. The summed E-state index contributed by atoms with van der Waals surface area (Å²) in [6.45, 7) is 4.51. The number of carbonyl (C=O) groups is 1. The van der Waals surface area contributed by atoms with E-state index in [4.69, 9.17) is 4.74 Å². The molecule has 29 heavy (non-hydrogen) atoms. The Labute approximate surface area is 170 Å². The Morgan fingerprint density at radius 3 is 2.14 bits per heavy atom. The number of carbonyl (C=O) groups excluding carboxylic acids is 1. The molecule has 1 atom stereocenters. The van der Waals surface area contributed by atoms with Gasteiger partial charge in [-0.25, -0.2) is 9.97 Å². The van der Waals surface area contributed by atoms with E-state index in [9.17, 15) is 4.79 Å². The van der Waals surface area contributed by atoms with Gasteiger partial charge in [-0.15, -0.1) is 0 Å². The van der Waals surface area contributed by atoms with Gasteiger partial charge in [-0.2, -0.15) is 0 Å². The van der Waals surface area contributed by atoms with Crippen LogP contribution < -0.4 is 9.64 Å². The highest BCUT2D eigenvalue weighted by Gasteiger charge is 2.26. The summed E-state index contributed by atoms with van der Waals surface area (Å²) >= 11 is 0. The summed E-state index contributed by atoms with van der Waals surface area (Å²) in [4.78, 5) is 25.3. The summed E-state index contributed by atoms with van der Waals surface area (Å²) in [5.74, 6) is 1.41. The lowest BCUT2D eigenvalue weighted by atomic mass is 10.1. The molecule has 148 valence electrons. The SMILES string of the molecule is CC(Oc1ccc(-c2ccccc2)cc1)C(=O)N1CCN(c2ncccn2)CC1. The maximum atomic E-state index is 12.8. The van der Waals surface area contributed by atoms with Crippen molar-refractivity contribution in [3.05, 3.63) is 73.1 Å². The second kappa shape index (κ2) is 8.73. The smallest absolute Gasteiger partial charge is 0.263 e. The van der Waals surface area contributed by atoms with Gasteiger partial charge in [-0.05, 0) is 36.2 Å². The van der Waals surface area contributed by atoms with Crippen molar-refractivity contribution >= 4 is 11.9 Å². The summed E-state index contributed by atoms with van der Waals surface area (Å²) in [6.07, 6.45) is 2.94. The normalized spacial score (nSPS) is 15.1. The minimum Gasteiger partial charge on any atom is -0.481 e. The zero-order valence-electron chi connectivity index (χ0n) is 16.4. The molecule has 0 aliphatic carbocycles. The minimum absolute atomic E-state index is 0.00534. The van der Waals surface area contributed by atoms with Crippen LogP contribution in [0.1, 0.15) is 6.92 Å². The molecule has 1 aliphatic heterocycles. The van der Waals surface area contributed by atoms with Crippen molar-refractivity contribution in [2.75, 3.05) is 31.1 Å². The lowest BCUT2D eigenvalue weighted by Crippen LogP contribution is -2.52. The molecule has 0 radical (unpaired) electrons. The Morgan fingerprint density at radius 1 is 0.862 bits per heavy atom. The molecule has 1 saturated heterocycles. The van der Waals surface area contributed by atoms with Crippen LogP contribution in [0.15, 0.2) is 73.1 Å². The Kier molecular flexibility index (Phi) is 5.70. The molecule has 2 heterocycles. The summed E-state index contributed by atoms with van der Waals surface area (Å²) in [6, 6.07) is 19.8. The molecule has 6 nitrogen and oxygen atoms in total. The van der Waals surface area contributed by atoms with Crippen molar-refractivity contribution in [3.63, 3.8) is 0 Å². The topological polar surface area (TPSA) is 58.6 Å². The van der Waals surface area contributed by atoms with E-state index in [0.717, 1.165) is 11.1 Å². The molecule has 1 aromatic heterocycles. The van der Waals surface area contributed by atoms with Gasteiger partial charge < -0.3 is 14.5 Å². The van der Waals surface area contributed by atoms with Crippen LogP contribution in [0.25, 0.3) is 11.1 Å². The van der Waals surface area contributed by atoms with Crippen LogP contribution in [0.5, 0.6) is 5.75 Å². The number of anilines is 1. The second-order valence-corrected chi connectivity index (χ2v) is 7.01. The first-order valence-electron chi connectivity index (χ1n) is 9.83. The van der Waals surface area contributed by atoms with Crippen molar-refractivity contribution in [3.8, 4) is 16.9 Å². The van der Waals surface area contributed by atoms with Gasteiger partial charge >= 0.3 is 0 Å². The van der Waals surface area contributed by atoms with Gasteiger partial charge in [0.05, 0.1) is 0 Å². The van der Waals surface area contributed by atoms with E-state index in [1.165, 1.54) is 0 Å². The van der Waals surface area contributed by atoms with Crippen LogP contribution in [0.3, 0.4) is 0 Å². The summed E-state index contributed by atoms with van der Waals surface area (Å²) in [5.41, 5.74) is 2.28. The second-order valence-electron chi connectivity index (χ2n) is 7.01. The largest absolute Gasteiger partial charge is 0.481 e. The summed E-state index contributed by atoms with van der Waals surface area (Å²) in [7, 11) is 0. The molecule has 1 amide bonds. The highest BCUT2D eigenvalue weighted by Crippen LogP contribution is 2.23. The zero-order chi connectivity index (χ0) is 20.1. The number of benzene rings is 2. The van der Waals surface area contributed by atoms with Crippen molar-refractivity contribution in [2.24, 2.45) is 0 Å². The fraction of sp³-hybridized carbons (Fsp3) is 0.261. The fourth-order valence-corrected chi connectivity index (χ4v) is 3.45. The third-order valence-electron chi connectivity index (χ3n) is 5.05. The van der Waals surface area contributed by atoms with E-state index in [2.05, 4.69) is 27.0 Å². The summed E-state index contributed by atoms with van der Waals surface area (Å²) in [5, 5.41) is 0. The first kappa shape index (κ1) is 18.9. The molecule has 0 N–H and O–H groups in total. The van der Waals surface area contributed by atoms with E-state index in [1.807, 2.05) is 47.4 Å². The minimum atomic E-state index is -0.530. The molecule has 6 heteroatoms. The van der Waals surface area contributed by atoms with Crippen LogP contribution in [0.4, 0.5) is 5.95 Å². The van der Waals surface area contributed by atoms with Crippen molar-refractivity contribution in [1.82, 2.24) is 14.9 Å². The predicted octanol–water partition coefficient (Wildman–Crippen LogP) is 3.26. The lowest BCUT2D eigenvalue weighted by Gasteiger charge is -2.35. The Morgan fingerprint density at radius 2 is 1.48 bits per heavy atom. The number of hydrogen-bond acceptors (Lipinski definition) is 5. The van der Waals surface area contributed by atoms with Crippen molar-refractivity contribution in [1.29, 1.82) is 0 Å². The number of ether oxygens (including phenoxy) is 1. The van der Waals surface area contributed by atoms with E-state index < -0.39 is 6.10 Å². The molecular weight excluding hydrogens is 364 g/mol. The maximum Gasteiger partial charge on any atom is 0.263 e. The maximum absolute atomic E-state index is 12.8. The van der Waals surface area contributed by atoms with E-state index in [-0.39, 0.29) is 5.91 Å². The van der Waals surface area contributed by atoms with Crippen LogP contribution >= 0.6 is 0 Å².